The minimum atomic E-state index is 0.124. The molecule has 3 heteroatoms. The third-order valence-electron chi connectivity index (χ3n) is 4.74. The van der Waals surface area contributed by atoms with Crippen molar-refractivity contribution in [2.75, 3.05) is 13.1 Å². The number of amides is 2. The van der Waals surface area contributed by atoms with E-state index in [1.54, 1.807) is 0 Å². The molecule has 2 amide bonds. The van der Waals surface area contributed by atoms with Crippen molar-refractivity contribution in [3.8, 4) is 0 Å². The molecule has 1 fully saturated rings. The average Bonchev–Trinajstić information content (AvgIpc) is 2.48. The SMILES string of the molecule is CC1CCN(C(=O)NC2CCCc3ccccc32)CC1. The molecule has 0 bridgehead atoms. The quantitative estimate of drug-likeness (QED) is 0.833. The summed E-state index contributed by atoms with van der Waals surface area (Å²) >= 11 is 0. The number of benzene rings is 1. The zero-order valence-corrected chi connectivity index (χ0v) is 12.3. The first kappa shape index (κ1) is 13.5. The number of nitrogens with zero attached hydrogens (tertiary/aromatic N) is 1. The summed E-state index contributed by atoms with van der Waals surface area (Å²) in [4.78, 5) is 14.4. The Labute approximate surface area is 121 Å². The van der Waals surface area contributed by atoms with Crippen molar-refractivity contribution >= 4 is 6.03 Å². The fourth-order valence-corrected chi connectivity index (χ4v) is 3.36. The summed E-state index contributed by atoms with van der Waals surface area (Å²) in [6.07, 6.45) is 5.64. The third-order valence-corrected chi connectivity index (χ3v) is 4.74. The van der Waals surface area contributed by atoms with E-state index in [9.17, 15) is 4.79 Å². The Morgan fingerprint density at radius 3 is 2.75 bits per heavy atom. The highest BCUT2D eigenvalue weighted by Crippen LogP contribution is 2.29. The topological polar surface area (TPSA) is 32.3 Å². The summed E-state index contributed by atoms with van der Waals surface area (Å²) in [7, 11) is 0. The van der Waals surface area contributed by atoms with E-state index in [0.29, 0.717) is 0 Å². The van der Waals surface area contributed by atoms with E-state index < -0.39 is 0 Å². The van der Waals surface area contributed by atoms with Crippen LogP contribution >= 0.6 is 0 Å². The normalized spacial score (nSPS) is 23.2. The van der Waals surface area contributed by atoms with Crippen LogP contribution in [0.4, 0.5) is 4.79 Å². The molecule has 2 aliphatic rings. The summed E-state index contributed by atoms with van der Waals surface area (Å²) in [5.41, 5.74) is 2.72. The van der Waals surface area contributed by atoms with Crippen LogP contribution in [0.3, 0.4) is 0 Å². The number of nitrogens with one attached hydrogen (secondary N) is 1. The second kappa shape index (κ2) is 5.86. The standard InChI is InChI=1S/C17H24N2O/c1-13-9-11-19(12-10-13)17(20)18-16-8-4-6-14-5-2-3-7-15(14)16/h2-3,5,7,13,16H,4,6,8-12H2,1H3,(H,18,20). The van der Waals surface area contributed by atoms with Crippen molar-refractivity contribution in [3.05, 3.63) is 35.4 Å². The van der Waals surface area contributed by atoms with Crippen molar-refractivity contribution in [2.45, 2.75) is 45.1 Å². The van der Waals surface area contributed by atoms with Gasteiger partial charge in [-0.1, -0.05) is 31.2 Å². The zero-order chi connectivity index (χ0) is 13.9. The van der Waals surface area contributed by atoms with Gasteiger partial charge in [-0.25, -0.2) is 4.79 Å². The molecule has 1 aromatic rings. The van der Waals surface area contributed by atoms with Crippen LogP contribution in [0.2, 0.25) is 0 Å². The first-order chi connectivity index (χ1) is 9.74. The van der Waals surface area contributed by atoms with E-state index in [-0.39, 0.29) is 12.1 Å². The zero-order valence-electron chi connectivity index (χ0n) is 12.3. The lowest BCUT2D eigenvalue weighted by Crippen LogP contribution is -2.45. The summed E-state index contributed by atoms with van der Waals surface area (Å²) in [6.45, 7) is 4.08. The fraction of sp³-hybridized carbons (Fsp3) is 0.588. The Balaban J connectivity index is 1.65. The fourth-order valence-electron chi connectivity index (χ4n) is 3.36. The van der Waals surface area contributed by atoms with E-state index in [4.69, 9.17) is 0 Å². The van der Waals surface area contributed by atoms with Gasteiger partial charge in [-0.15, -0.1) is 0 Å². The predicted octanol–water partition coefficient (Wildman–Crippen LogP) is 3.51. The number of hydrogen-bond donors (Lipinski definition) is 1. The number of likely N-dealkylation sites (tertiary alicyclic amines) is 1. The van der Waals surface area contributed by atoms with Crippen molar-refractivity contribution in [1.29, 1.82) is 0 Å². The second-order valence-corrected chi connectivity index (χ2v) is 6.26. The molecule has 1 aliphatic heterocycles. The molecule has 1 aliphatic carbocycles. The number of rotatable bonds is 1. The van der Waals surface area contributed by atoms with Gasteiger partial charge in [0.2, 0.25) is 0 Å². The Kier molecular flexibility index (Phi) is 3.95. The van der Waals surface area contributed by atoms with E-state index in [1.807, 2.05) is 4.90 Å². The number of urea groups is 1. The van der Waals surface area contributed by atoms with Crippen molar-refractivity contribution in [3.63, 3.8) is 0 Å². The predicted molar refractivity (Wildman–Crippen MR) is 80.6 cm³/mol. The first-order valence-corrected chi connectivity index (χ1v) is 7.87. The van der Waals surface area contributed by atoms with Gasteiger partial charge in [-0.05, 0) is 49.1 Å². The lowest BCUT2D eigenvalue weighted by atomic mass is 9.88. The van der Waals surface area contributed by atoms with Gasteiger partial charge < -0.3 is 10.2 Å². The van der Waals surface area contributed by atoms with Crippen molar-refractivity contribution in [2.24, 2.45) is 5.92 Å². The average molecular weight is 272 g/mol. The lowest BCUT2D eigenvalue weighted by Gasteiger charge is -2.33. The van der Waals surface area contributed by atoms with Gasteiger partial charge in [-0.3, -0.25) is 0 Å². The van der Waals surface area contributed by atoms with Crippen molar-refractivity contribution in [1.82, 2.24) is 10.2 Å². The molecule has 1 unspecified atom stereocenters. The van der Waals surface area contributed by atoms with Gasteiger partial charge in [0.05, 0.1) is 6.04 Å². The molecule has 0 spiro atoms. The van der Waals surface area contributed by atoms with Crippen LogP contribution in [0.25, 0.3) is 0 Å². The molecule has 1 saturated heterocycles. The minimum Gasteiger partial charge on any atom is -0.331 e. The maximum absolute atomic E-state index is 12.4. The molecule has 1 N–H and O–H groups in total. The number of hydrogen-bond acceptors (Lipinski definition) is 1. The van der Waals surface area contributed by atoms with E-state index in [1.165, 1.54) is 17.5 Å². The van der Waals surface area contributed by atoms with Gasteiger partial charge in [0, 0.05) is 13.1 Å². The van der Waals surface area contributed by atoms with Gasteiger partial charge in [0.15, 0.2) is 0 Å². The molecular formula is C17H24N2O. The van der Waals surface area contributed by atoms with Crippen LogP contribution in [0.1, 0.15) is 49.8 Å². The number of carbonyl (C=O) groups is 1. The largest absolute Gasteiger partial charge is 0.331 e. The lowest BCUT2D eigenvalue weighted by molar-refractivity contribution is 0.169. The molecule has 1 aromatic carbocycles. The molecule has 0 saturated carbocycles. The van der Waals surface area contributed by atoms with Gasteiger partial charge in [0.1, 0.15) is 0 Å². The highest BCUT2D eigenvalue weighted by Gasteiger charge is 2.25. The summed E-state index contributed by atoms with van der Waals surface area (Å²) in [5, 5.41) is 3.25. The maximum atomic E-state index is 12.4. The van der Waals surface area contributed by atoms with Crippen LogP contribution in [0.15, 0.2) is 24.3 Å². The Bertz CT molecular complexity index is 478. The highest BCUT2D eigenvalue weighted by molar-refractivity contribution is 5.75. The Morgan fingerprint density at radius 1 is 1.20 bits per heavy atom. The molecule has 20 heavy (non-hydrogen) atoms. The van der Waals surface area contributed by atoms with E-state index >= 15 is 0 Å². The van der Waals surface area contributed by atoms with Gasteiger partial charge >= 0.3 is 6.03 Å². The highest BCUT2D eigenvalue weighted by atomic mass is 16.2. The smallest absolute Gasteiger partial charge is 0.317 e. The summed E-state index contributed by atoms with van der Waals surface area (Å²) < 4.78 is 0. The van der Waals surface area contributed by atoms with Gasteiger partial charge in [0.25, 0.3) is 0 Å². The van der Waals surface area contributed by atoms with Crippen LogP contribution < -0.4 is 5.32 Å². The molecule has 1 heterocycles. The second-order valence-electron chi connectivity index (χ2n) is 6.26. The minimum absolute atomic E-state index is 0.124. The molecule has 3 rings (SSSR count). The number of carbonyl (C=O) groups excluding carboxylic acids is 1. The number of fused-ring (bicyclic) bond motifs is 1. The van der Waals surface area contributed by atoms with E-state index in [0.717, 1.165) is 44.7 Å². The molecule has 108 valence electrons. The van der Waals surface area contributed by atoms with Crippen LogP contribution in [0.5, 0.6) is 0 Å². The van der Waals surface area contributed by atoms with E-state index in [2.05, 4.69) is 36.5 Å². The first-order valence-electron chi connectivity index (χ1n) is 7.87. The number of aryl methyl sites for hydroxylation is 1. The molecule has 0 aromatic heterocycles. The maximum Gasteiger partial charge on any atom is 0.317 e. The number of piperidine rings is 1. The molecule has 0 radical (unpaired) electrons. The van der Waals surface area contributed by atoms with Crippen LogP contribution in [0, 0.1) is 5.92 Å². The Hall–Kier alpha value is -1.51. The molecule has 1 atom stereocenters. The van der Waals surface area contributed by atoms with Crippen LogP contribution in [-0.4, -0.2) is 24.0 Å². The Morgan fingerprint density at radius 2 is 1.95 bits per heavy atom. The summed E-state index contributed by atoms with van der Waals surface area (Å²) in [5.74, 6) is 0.759. The molecule has 3 nitrogen and oxygen atoms in total. The molecular weight excluding hydrogens is 248 g/mol. The third kappa shape index (κ3) is 2.82. The monoisotopic (exact) mass is 272 g/mol. The van der Waals surface area contributed by atoms with Crippen molar-refractivity contribution < 1.29 is 4.79 Å². The van der Waals surface area contributed by atoms with Gasteiger partial charge in [-0.2, -0.15) is 0 Å². The summed E-state index contributed by atoms with van der Waals surface area (Å²) in [6, 6.07) is 8.85. The van der Waals surface area contributed by atoms with Crippen LogP contribution in [-0.2, 0) is 6.42 Å².